The molecule has 1 aliphatic heterocycles. The fourth-order valence-corrected chi connectivity index (χ4v) is 6.56. The van der Waals surface area contributed by atoms with Crippen molar-refractivity contribution in [2.75, 3.05) is 20.2 Å². The zero-order valence-corrected chi connectivity index (χ0v) is 22.2. The van der Waals surface area contributed by atoms with Gasteiger partial charge in [0.1, 0.15) is 17.8 Å². The Labute approximate surface area is 222 Å². The van der Waals surface area contributed by atoms with Gasteiger partial charge in [-0.2, -0.15) is 9.98 Å². The molecule has 2 unspecified atom stereocenters. The van der Waals surface area contributed by atoms with Crippen molar-refractivity contribution in [1.29, 1.82) is 5.26 Å². The second-order valence-corrected chi connectivity index (χ2v) is 11.3. The molecule has 2 N–H and O–H groups in total. The van der Waals surface area contributed by atoms with Crippen molar-refractivity contribution in [3.05, 3.63) is 54.5 Å². The number of carbonyl (C=O) groups is 2. The minimum absolute atomic E-state index is 0.104. The lowest BCUT2D eigenvalue weighted by atomic mass is 9.92. The van der Waals surface area contributed by atoms with Gasteiger partial charge in [0.25, 0.3) is 0 Å². The Morgan fingerprint density at radius 3 is 2.89 bits per heavy atom. The van der Waals surface area contributed by atoms with Gasteiger partial charge in [0.15, 0.2) is 0 Å². The summed E-state index contributed by atoms with van der Waals surface area (Å²) in [6.45, 7) is 1.36. The molecule has 38 heavy (non-hydrogen) atoms. The molecule has 1 fully saturated rings. The van der Waals surface area contributed by atoms with Crippen LogP contribution < -0.4 is 4.72 Å². The molecule has 1 saturated heterocycles. The normalized spacial score (nSPS) is 16.7. The van der Waals surface area contributed by atoms with Crippen LogP contribution in [-0.2, 0) is 30.9 Å². The van der Waals surface area contributed by atoms with Gasteiger partial charge >= 0.3 is 5.97 Å². The van der Waals surface area contributed by atoms with Crippen molar-refractivity contribution in [2.24, 2.45) is 5.92 Å². The number of ether oxygens (including phenoxy) is 1. The average molecular weight is 540 g/mol. The number of amides is 1. The van der Waals surface area contributed by atoms with Crippen LogP contribution in [0.15, 0.2) is 53.7 Å². The predicted molar refractivity (Wildman–Crippen MR) is 141 cm³/mol. The Morgan fingerprint density at radius 2 is 2.11 bits per heavy atom. The molecule has 11 heteroatoms. The first-order valence-electron chi connectivity index (χ1n) is 12.8. The van der Waals surface area contributed by atoms with Crippen LogP contribution in [0.1, 0.15) is 44.2 Å². The van der Waals surface area contributed by atoms with Crippen LogP contribution in [0.25, 0.3) is 10.9 Å². The standard InChI is InChI=1S/C27H33N5O5S/c1-37-26(33)11-2-6-20-7-4-16-32(19-20)27(34)24(13-17-31-15-5-8-21(31)18-28)30-38(35,36)25-10-3-9-23-22(25)12-14-29-23/h3,5,8-10,12,14-15,20,24,29-30H,2,4,6-7,11,13,16-17,19H2,1H3. The number of rotatable bonds is 11. The minimum atomic E-state index is -4.03. The van der Waals surface area contributed by atoms with Crippen LogP contribution in [0.5, 0.6) is 0 Å². The lowest BCUT2D eigenvalue weighted by Crippen LogP contribution is -2.51. The van der Waals surface area contributed by atoms with Crippen LogP contribution in [0.2, 0.25) is 0 Å². The molecule has 0 saturated carbocycles. The number of piperidine rings is 1. The summed E-state index contributed by atoms with van der Waals surface area (Å²) in [6.07, 6.45) is 7.18. The van der Waals surface area contributed by atoms with Gasteiger partial charge in [0.2, 0.25) is 15.9 Å². The smallest absolute Gasteiger partial charge is 0.305 e. The van der Waals surface area contributed by atoms with E-state index in [1.807, 2.05) is 0 Å². The van der Waals surface area contributed by atoms with Gasteiger partial charge in [-0.25, -0.2) is 8.42 Å². The molecular weight excluding hydrogens is 506 g/mol. The highest BCUT2D eigenvalue weighted by Gasteiger charge is 2.32. The monoisotopic (exact) mass is 539 g/mol. The number of likely N-dealkylation sites (tertiary alicyclic amines) is 1. The molecule has 0 bridgehead atoms. The van der Waals surface area contributed by atoms with E-state index < -0.39 is 16.1 Å². The summed E-state index contributed by atoms with van der Waals surface area (Å²) >= 11 is 0. The topological polar surface area (TPSA) is 137 Å². The van der Waals surface area contributed by atoms with Gasteiger partial charge in [-0.1, -0.05) is 6.07 Å². The van der Waals surface area contributed by atoms with Crippen molar-refractivity contribution in [3.8, 4) is 6.07 Å². The first-order valence-corrected chi connectivity index (χ1v) is 14.3. The highest BCUT2D eigenvalue weighted by Crippen LogP contribution is 2.25. The summed E-state index contributed by atoms with van der Waals surface area (Å²) in [4.78, 5) is 30.1. The van der Waals surface area contributed by atoms with Gasteiger partial charge in [0, 0.05) is 49.4 Å². The number of esters is 1. The third-order valence-corrected chi connectivity index (χ3v) is 8.62. The number of carbonyl (C=O) groups excluding carboxylic acids is 2. The number of nitriles is 1. The van der Waals surface area contributed by atoms with Crippen LogP contribution >= 0.6 is 0 Å². The van der Waals surface area contributed by atoms with Crippen LogP contribution in [0, 0.1) is 17.2 Å². The summed E-state index contributed by atoms with van der Waals surface area (Å²) in [6, 6.07) is 11.2. The number of methoxy groups -OCH3 is 1. The lowest BCUT2D eigenvalue weighted by Gasteiger charge is -2.35. The maximum Gasteiger partial charge on any atom is 0.305 e. The zero-order valence-electron chi connectivity index (χ0n) is 21.4. The first-order chi connectivity index (χ1) is 18.3. The third kappa shape index (κ3) is 6.44. The van der Waals surface area contributed by atoms with Crippen LogP contribution in [-0.4, -0.2) is 61.0 Å². The number of aromatic nitrogens is 2. The SMILES string of the molecule is COC(=O)CCCC1CCCN(C(=O)C(CCn2cccc2C#N)NS(=O)(=O)c2cccc3[nH]ccc23)C1. The molecule has 4 rings (SSSR count). The van der Waals surface area contributed by atoms with Gasteiger partial charge in [-0.15, -0.1) is 0 Å². The van der Waals surface area contributed by atoms with Crippen molar-refractivity contribution >= 4 is 32.8 Å². The van der Waals surface area contributed by atoms with Crippen molar-refractivity contribution in [3.63, 3.8) is 0 Å². The molecule has 10 nitrogen and oxygen atoms in total. The van der Waals surface area contributed by atoms with E-state index in [-0.39, 0.29) is 29.1 Å². The number of hydrogen-bond acceptors (Lipinski definition) is 6. The molecule has 3 heterocycles. The Kier molecular flexibility index (Phi) is 8.86. The molecule has 202 valence electrons. The van der Waals surface area contributed by atoms with Crippen molar-refractivity contribution in [2.45, 2.75) is 56.0 Å². The minimum Gasteiger partial charge on any atom is -0.469 e. The zero-order chi connectivity index (χ0) is 27.1. The predicted octanol–water partition coefficient (Wildman–Crippen LogP) is 3.16. The number of fused-ring (bicyclic) bond motifs is 1. The molecule has 2 aromatic heterocycles. The van der Waals surface area contributed by atoms with Gasteiger partial charge in [-0.05, 0) is 68.4 Å². The molecule has 0 spiro atoms. The van der Waals surface area contributed by atoms with Gasteiger partial charge in [-0.3, -0.25) is 9.59 Å². The maximum atomic E-state index is 13.8. The van der Waals surface area contributed by atoms with E-state index in [0.29, 0.717) is 49.1 Å². The number of benzene rings is 1. The number of H-pyrrole nitrogens is 1. The van der Waals surface area contributed by atoms with Crippen molar-refractivity contribution in [1.82, 2.24) is 19.2 Å². The Bertz CT molecular complexity index is 1420. The quantitative estimate of drug-likeness (QED) is 0.359. The van der Waals surface area contributed by atoms with E-state index >= 15 is 0 Å². The fourth-order valence-electron chi connectivity index (χ4n) is 5.11. The Hall–Kier alpha value is -3.62. The number of sulfonamides is 1. The summed E-state index contributed by atoms with van der Waals surface area (Å²) in [5.74, 6) is -0.293. The van der Waals surface area contributed by atoms with Crippen molar-refractivity contribution < 1.29 is 22.7 Å². The Balaban J connectivity index is 1.52. The number of nitrogens with zero attached hydrogens (tertiary/aromatic N) is 3. The number of nitrogens with one attached hydrogen (secondary N) is 2. The van der Waals surface area contributed by atoms with E-state index in [1.165, 1.54) is 13.2 Å². The summed E-state index contributed by atoms with van der Waals surface area (Å²) in [5.41, 5.74) is 1.13. The van der Waals surface area contributed by atoms with E-state index in [4.69, 9.17) is 4.74 Å². The highest BCUT2D eigenvalue weighted by atomic mass is 32.2. The average Bonchev–Trinajstić information content (AvgIpc) is 3.59. The van der Waals surface area contributed by atoms with Gasteiger partial charge < -0.3 is 19.2 Å². The van der Waals surface area contributed by atoms with E-state index in [1.54, 1.807) is 52.2 Å². The second kappa shape index (κ2) is 12.3. The molecule has 1 aromatic carbocycles. The Morgan fingerprint density at radius 1 is 1.26 bits per heavy atom. The molecule has 3 aromatic rings. The third-order valence-electron chi connectivity index (χ3n) is 7.09. The molecule has 1 amide bonds. The van der Waals surface area contributed by atoms with E-state index in [9.17, 15) is 23.3 Å². The summed E-state index contributed by atoms with van der Waals surface area (Å²) in [5, 5.41) is 9.91. The largest absolute Gasteiger partial charge is 0.469 e. The van der Waals surface area contributed by atoms with Gasteiger partial charge in [0.05, 0.1) is 12.0 Å². The van der Waals surface area contributed by atoms with Crippen LogP contribution in [0.3, 0.4) is 0 Å². The van der Waals surface area contributed by atoms with E-state index in [2.05, 4.69) is 15.8 Å². The highest BCUT2D eigenvalue weighted by molar-refractivity contribution is 7.89. The molecule has 0 aliphatic carbocycles. The summed E-state index contributed by atoms with van der Waals surface area (Å²) in [7, 11) is -2.66. The molecular formula is C27H33N5O5S. The number of aryl methyl sites for hydroxylation is 1. The molecule has 2 atom stereocenters. The van der Waals surface area contributed by atoms with E-state index in [0.717, 1.165) is 19.3 Å². The maximum absolute atomic E-state index is 13.8. The first kappa shape index (κ1) is 27.4. The second-order valence-electron chi connectivity index (χ2n) is 9.62. The van der Waals surface area contributed by atoms with Crippen LogP contribution in [0.4, 0.5) is 0 Å². The summed E-state index contributed by atoms with van der Waals surface area (Å²) < 4.78 is 36.2. The molecule has 0 radical (unpaired) electrons. The lowest BCUT2D eigenvalue weighted by molar-refractivity contribution is -0.141. The fraction of sp³-hybridized carbons (Fsp3) is 0.444. The number of aromatic amines is 1. The number of hydrogen-bond donors (Lipinski definition) is 2. The molecule has 1 aliphatic rings.